The normalized spacial score (nSPS) is 10.4. The summed E-state index contributed by atoms with van der Waals surface area (Å²) in [5, 5.41) is 12.7. The predicted molar refractivity (Wildman–Crippen MR) is 94.2 cm³/mol. The van der Waals surface area contributed by atoms with Crippen LogP contribution in [0.1, 0.15) is 23.0 Å². The second-order valence-corrected chi connectivity index (χ2v) is 5.62. The summed E-state index contributed by atoms with van der Waals surface area (Å²) < 4.78 is 15.4. The number of amides is 2. The van der Waals surface area contributed by atoms with E-state index in [1.807, 2.05) is 30.3 Å². The van der Waals surface area contributed by atoms with Gasteiger partial charge >= 0.3 is 0 Å². The molecule has 0 aliphatic carbocycles. The molecule has 7 nitrogen and oxygen atoms in total. The van der Waals surface area contributed by atoms with Crippen LogP contribution in [0.5, 0.6) is 0 Å². The molecular weight excluding hydrogens is 337 g/mol. The molecular formula is C18H16FN5O2. The Morgan fingerprint density at radius 1 is 1.12 bits per heavy atom. The van der Waals surface area contributed by atoms with Crippen molar-refractivity contribution in [2.24, 2.45) is 0 Å². The molecule has 1 aromatic heterocycles. The number of benzene rings is 2. The molecule has 2 N–H and O–H groups in total. The number of hydrogen-bond acceptors (Lipinski definition) is 4. The maximum absolute atomic E-state index is 13.9. The Hall–Kier alpha value is -3.55. The first kappa shape index (κ1) is 17.3. The summed E-state index contributed by atoms with van der Waals surface area (Å²) in [5.74, 6) is -1.51. The Bertz CT molecular complexity index is 940. The van der Waals surface area contributed by atoms with Crippen LogP contribution in [0.15, 0.2) is 54.7 Å². The third-order valence-electron chi connectivity index (χ3n) is 3.49. The standard InChI is InChI=1S/C18H16FN5O2/c1-12(25)20-14-7-8-15(19)16(9-14)21-18(26)17-11-24(23-22-17)10-13-5-3-2-4-6-13/h2-9,11H,10H2,1H3,(H,20,25)(H,21,26). The Balaban J connectivity index is 1.71. The number of hydrogen-bond donors (Lipinski definition) is 2. The zero-order valence-corrected chi connectivity index (χ0v) is 13.9. The lowest BCUT2D eigenvalue weighted by atomic mass is 10.2. The van der Waals surface area contributed by atoms with Crippen molar-refractivity contribution in [3.8, 4) is 0 Å². The number of nitrogens with zero attached hydrogens (tertiary/aromatic N) is 3. The van der Waals surface area contributed by atoms with Gasteiger partial charge in [-0.15, -0.1) is 5.10 Å². The van der Waals surface area contributed by atoms with E-state index in [4.69, 9.17) is 0 Å². The molecule has 0 spiro atoms. The lowest BCUT2D eigenvalue weighted by molar-refractivity contribution is -0.114. The lowest BCUT2D eigenvalue weighted by Crippen LogP contribution is -2.14. The van der Waals surface area contributed by atoms with E-state index in [0.717, 1.165) is 11.6 Å². The van der Waals surface area contributed by atoms with Gasteiger partial charge in [0.15, 0.2) is 5.69 Å². The van der Waals surface area contributed by atoms with Gasteiger partial charge in [0, 0.05) is 12.6 Å². The fourth-order valence-corrected chi connectivity index (χ4v) is 2.34. The van der Waals surface area contributed by atoms with Crippen molar-refractivity contribution < 1.29 is 14.0 Å². The Morgan fingerprint density at radius 2 is 1.88 bits per heavy atom. The molecule has 0 saturated carbocycles. The van der Waals surface area contributed by atoms with Crippen molar-refractivity contribution in [2.45, 2.75) is 13.5 Å². The van der Waals surface area contributed by atoms with Crippen LogP contribution in [-0.2, 0) is 11.3 Å². The van der Waals surface area contributed by atoms with Crippen LogP contribution in [0.2, 0.25) is 0 Å². The molecule has 0 radical (unpaired) electrons. The van der Waals surface area contributed by atoms with Crippen LogP contribution >= 0.6 is 0 Å². The van der Waals surface area contributed by atoms with E-state index < -0.39 is 11.7 Å². The summed E-state index contributed by atoms with van der Waals surface area (Å²) >= 11 is 0. The highest BCUT2D eigenvalue weighted by Gasteiger charge is 2.14. The Labute approximate surface area is 148 Å². The van der Waals surface area contributed by atoms with Crippen molar-refractivity contribution in [3.05, 3.63) is 71.8 Å². The minimum absolute atomic E-state index is 0.0566. The van der Waals surface area contributed by atoms with Crippen molar-refractivity contribution in [2.75, 3.05) is 10.6 Å². The maximum atomic E-state index is 13.9. The highest BCUT2D eigenvalue weighted by atomic mass is 19.1. The van der Waals surface area contributed by atoms with Crippen LogP contribution in [0, 0.1) is 5.82 Å². The zero-order chi connectivity index (χ0) is 18.5. The summed E-state index contributed by atoms with van der Waals surface area (Å²) in [4.78, 5) is 23.4. The van der Waals surface area contributed by atoms with Crippen LogP contribution in [0.25, 0.3) is 0 Å². The van der Waals surface area contributed by atoms with E-state index in [1.54, 1.807) is 0 Å². The van der Waals surface area contributed by atoms with Crippen molar-refractivity contribution >= 4 is 23.2 Å². The summed E-state index contributed by atoms with van der Waals surface area (Å²) in [6.07, 6.45) is 1.48. The Morgan fingerprint density at radius 3 is 2.62 bits per heavy atom. The van der Waals surface area contributed by atoms with Gasteiger partial charge in [0.05, 0.1) is 18.4 Å². The van der Waals surface area contributed by atoms with Gasteiger partial charge in [-0.05, 0) is 23.8 Å². The van der Waals surface area contributed by atoms with Crippen LogP contribution in [-0.4, -0.2) is 26.8 Å². The molecule has 2 amide bonds. The fourth-order valence-electron chi connectivity index (χ4n) is 2.34. The first-order valence-corrected chi connectivity index (χ1v) is 7.84. The number of rotatable bonds is 5. The van der Waals surface area contributed by atoms with E-state index in [0.29, 0.717) is 12.2 Å². The van der Waals surface area contributed by atoms with E-state index in [1.165, 1.54) is 29.9 Å². The van der Waals surface area contributed by atoms with E-state index in [2.05, 4.69) is 20.9 Å². The minimum Gasteiger partial charge on any atom is -0.326 e. The molecule has 0 saturated heterocycles. The van der Waals surface area contributed by atoms with Crippen LogP contribution in [0.3, 0.4) is 0 Å². The van der Waals surface area contributed by atoms with Gasteiger partial charge in [0.2, 0.25) is 5.91 Å². The average Bonchev–Trinajstić information content (AvgIpc) is 3.07. The van der Waals surface area contributed by atoms with Crippen molar-refractivity contribution in [1.82, 2.24) is 15.0 Å². The molecule has 3 aromatic rings. The largest absolute Gasteiger partial charge is 0.326 e. The molecule has 132 valence electrons. The maximum Gasteiger partial charge on any atom is 0.277 e. The number of carbonyl (C=O) groups is 2. The summed E-state index contributed by atoms with van der Waals surface area (Å²) in [5.41, 5.74) is 1.39. The molecule has 1 heterocycles. The molecule has 8 heteroatoms. The van der Waals surface area contributed by atoms with E-state index >= 15 is 0 Å². The monoisotopic (exact) mass is 353 g/mol. The van der Waals surface area contributed by atoms with Gasteiger partial charge < -0.3 is 10.6 Å². The van der Waals surface area contributed by atoms with Gasteiger partial charge in [-0.1, -0.05) is 35.5 Å². The number of halogens is 1. The molecule has 0 fully saturated rings. The van der Waals surface area contributed by atoms with Gasteiger partial charge in [-0.2, -0.15) is 0 Å². The second-order valence-electron chi connectivity index (χ2n) is 5.62. The highest BCUT2D eigenvalue weighted by Crippen LogP contribution is 2.20. The molecule has 0 unspecified atom stereocenters. The third-order valence-corrected chi connectivity index (χ3v) is 3.49. The minimum atomic E-state index is -0.621. The summed E-state index contributed by atoms with van der Waals surface area (Å²) in [7, 11) is 0. The first-order valence-electron chi connectivity index (χ1n) is 7.84. The second kappa shape index (κ2) is 7.56. The molecule has 0 atom stereocenters. The van der Waals surface area contributed by atoms with Crippen molar-refractivity contribution in [3.63, 3.8) is 0 Å². The summed E-state index contributed by atoms with van der Waals surface area (Å²) in [6.45, 7) is 1.81. The molecule has 0 aliphatic rings. The Kier molecular flexibility index (Phi) is 5.02. The third kappa shape index (κ3) is 4.29. The topological polar surface area (TPSA) is 88.9 Å². The number of anilines is 2. The van der Waals surface area contributed by atoms with E-state index in [-0.39, 0.29) is 17.3 Å². The zero-order valence-electron chi connectivity index (χ0n) is 13.9. The molecule has 2 aromatic carbocycles. The molecule has 3 rings (SSSR count). The fraction of sp³-hybridized carbons (Fsp3) is 0.111. The van der Waals surface area contributed by atoms with Gasteiger partial charge in [-0.3, -0.25) is 9.59 Å². The van der Waals surface area contributed by atoms with Crippen molar-refractivity contribution in [1.29, 1.82) is 0 Å². The van der Waals surface area contributed by atoms with Crippen LogP contribution in [0.4, 0.5) is 15.8 Å². The number of carbonyl (C=O) groups excluding carboxylic acids is 2. The number of aromatic nitrogens is 3. The molecule has 26 heavy (non-hydrogen) atoms. The quantitative estimate of drug-likeness (QED) is 0.738. The first-order chi connectivity index (χ1) is 12.5. The molecule has 0 aliphatic heterocycles. The van der Waals surface area contributed by atoms with Gasteiger partial charge in [-0.25, -0.2) is 9.07 Å². The smallest absolute Gasteiger partial charge is 0.277 e. The summed E-state index contributed by atoms with van der Waals surface area (Å²) in [6, 6.07) is 13.5. The lowest BCUT2D eigenvalue weighted by Gasteiger charge is -2.08. The highest BCUT2D eigenvalue weighted by molar-refractivity contribution is 6.03. The number of nitrogens with one attached hydrogen (secondary N) is 2. The predicted octanol–water partition coefficient (Wildman–Crippen LogP) is 2.68. The van der Waals surface area contributed by atoms with E-state index in [9.17, 15) is 14.0 Å². The average molecular weight is 353 g/mol. The van der Waals surface area contributed by atoms with Gasteiger partial charge in [0.1, 0.15) is 5.82 Å². The molecule has 0 bridgehead atoms. The van der Waals surface area contributed by atoms with Crippen LogP contribution < -0.4 is 10.6 Å². The van der Waals surface area contributed by atoms with Gasteiger partial charge in [0.25, 0.3) is 5.91 Å². The SMILES string of the molecule is CC(=O)Nc1ccc(F)c(NC(=O)c2cn(Cc3ccccc3)nn2)c1.